The Balaban J connectivity index is 0.00000288. The molecule has 24 heavy (non-hydrogen) atoms. The first-order valence-corrected chi connectivity index (χ1v) is 9.84. The zero-order valence-electron chi connectivity index (χ0n) is 14.3. The van der Waals surface area contributed by atoms with Crippen molar-refractivity contribution in [1.29, 1.82) is 0 Å². The fraction of sp³-hybridized carbons (Fsp3) is 0.588. The number of carbonyl (C=O) groups excluding carboxylic acids is 1. The van der Waals surface area contributed by atoms with Crippen LogP contribution in [0.1, 0.15) is 43.5 Å². The molecule has 0 bridgehead atoms. The lowest BCUT2D eigenvalue weighted by Gasteiger charge is -2.34. The van der Waals surface area contributed by atoms with Crippen LogP contribution in [0.3, 0.4) is 0 Å². The number of piperidine rings is 1. The molecule has 1 amide bonds. The van der Waals surface area contributed by atoms with Gasteiger partial charge in [-0.3, -0.25) is 4.79 Å². The lowest BCUT2D eigenvalue weighted by molar-refractivity contribution is 0.0919. The van der Waals surface area contributed by atoms with Crippen LogP contribution in [0.15, 0.2) is 29.2 Å². The van der Waals surface area contributed by atoms with Gasteiger partial charge in [0.15, 0.2) is 9.84 Å². The summed E-state index contributed by atoms with van der Waals surface area (Å²) in [5.74, 6) is -0.249. The summed E-state index contributed by atoms with van der Waals surface area (Å²) in [5, 5.41) is 6.24. The maximum atomic E-state index is 12.5. The van der Waals surface area contributed by atoms with Gasteiger partial charge in [-0.1, -0.05) is 26.0 Å². The van der Waals surface area contributed by atoms with E-state index < -0.39 is 9.84 Å². The number of amides is 1. The maximum Gasteiger partial charge on any atom is 0.252 e. The number of carbonyl (C=O) groups is 1. The average molecular weight is 375 g/mol. The van der Waals surface area contributed by atoms with E-state index in [4.69, 9.17) is 0 Å². The second-order valence-corrected chi connectivity index (χ2v) is 8.64. The predicted molar refractivity (Wildman–Crippen MR) is 98.6 cm³/mol. The van der Waals surface area contributed by atoms with Crippen molar-refractivity contribution in [2.75, 3.05) is 25.4 Å². The van der Waals surface area contributed by atoms with Gasteiger partial charge in [0.2, 0.25) is 0 Å². The molecule has 0 unspecified atom stereocenters. The van der Waals surface area contributed by atoms with Gasteiger partial charge >= 0.3 is 0 Å². The van der Waals surface area contributed by atoms with Gasteiger partial charge in [-0.15, -0.1) is 12.4 Å². The molecule has 2 N–H and O–H groups in total. The van der Waals surface area contributed by atoms with Crippen molar-refractivity contribution in [3.63, 3.8) is 0 Å². The summed E-state index contributed by atoms with van der Waals surface area (Å²) < 4.78 is 24.7. The molecule has 0 radical (unpaired) electrons. The van der Waals surface area contributed by atoms with E-state index in [1.54, 1.807) is 18.2 Å². The minimum absolute atomic E-state index is 0. The first-order valence-electron chi connectivity index (χ1n) is 8.19. The molecule has 0 aliphatic carbocycles. The standard InChI is InChI=1S/C17H26N2O3S.ClH/c1-3-12-23(21,22)15-7-5-4-6-14(15)16(20)19-13-17(2)8-10-18-11-9-17;/h4-7,18H,3,8-13H2,1-2H3,(H,19,20);1H. The van der Waals surface area contributed by atoms with Gasteiger partial charge in [0.1, 0.15) is 0 Å². The maximum absolute atomic E-state index is 12.5. The van der Waals surface area contributed by atoms with Crippen molar-refractivity contribution < 1.29 is 13.2 Å². The summed E-state index contributed by atoms with van der Waals surface area (Å²) in [6.07, 6.45) is 2.54. The van der Waals surface area contributed by atoms with E-state index in [1.165, 1.54) is 6.07 Å². The van der Waals surface area contributed by atoms with Gasteiger partial charge in [0.05, 0.1) is 16.2 Å². The molecular formula is C17H27ClN2O3S. The molecule has 1 aromatic rings. The Morgan fingerprint density at radius 3 is 2.50 bits per heavy atom. The lowest BCUT2D eigenvalue weighted by Crippen LogP contribution is -2.43. The molecular weight excluding hydrogens is 348 g/mol. The van der Waals surface area contributed by atoms with Crippen LogP contribution in [0.2, 0.25) is 0 Å². The average Bonchev–Trinajstić information content (AvgIpc) is 2.53. The number of nitrogens with one attached hydrogen (secondary N) is 2. The van der Waals surface area contributed by atoms with E-state index in [-0.39, 0.29) is 39.9 Å². The van der Waals surface area contributed by atoms with Gasteiger partial charge in [-0.25, -0.2) is 8.42 Å². The number of hydrogen-bond acceptors (Lipinski definition) is 4. The van der Waals surface area contributed by atoms with Crippen LogP contribution in [0.25, 0.3) is 0 Å². The molecule has 0 atom stereocenters. The second kappa shape index (κ2) is 8.83. The molecule has 0 spiro atoms. The second-order valence-electron chi connectivity index (χ2n) is 6.56. The van der Waals surface area contributed by atoms with Crippen LogP contribution in [-0.2, 0) is 9.84 Å². The number of sulfone groups is 1. The molecule has 7 heteroatoms. The minimum Gasteiger partial charge on any atom is -0.351 e. The molecule has 0 aromatic heterocycles. The van der Waals surface area contributed by atoms with E-state index in [9.17, 15) is 13.2 Å². The van der Waals surface area contributed by atoms with Crippen LogP contribution < -0.4 is 10.6 Å². The Morgan fingerprint density at radius 1 is 1.25 bits per heavy atom. The Kier molecular flexibility index (Phi) is 7.70. The highest BCUT2D eigenvalue weighted by molar-refractivity contribution is 7.91. The van der Waals surface area contributed by atoms with Gasteiger partial charge < -0.3 is 10.6 Å². The number of benzene rings is 1. The molecule has 1 saturated heterocycles. The lowest BCUT2D eigenvalue weighted by atomic mass is 9.81. The van der Waals surface area contributed by atoms with Crippen LogP contribution >= 0.6 is 12.4 Å². The fourth-order valence-electron chi connectivity index (χ4n) is 2.90. The molecule has 5 nitrogen and oxygen atoms in total. The van der Waals surface area contributed by atoms with Crippen molar-refractivity contribution in [1.82, 2.24) is 10.6 Å². The molecule has 1 heterocycles. The van der Waals surface area contributed by atoms with E-state index in [1.807, 2.05) is 6.92 Å². The molecule has 1 fully saturated rings. The first kappa shape index (κ1) is 20.9. The van der Waals surface area contributed by atoms with Crippen molar-refractivity contribution in [3.8, 4) is 0 Å². The number of rotatable bonds is 6. The van der Waals surface area contributed by atoms with Crippen LogP contribution in [0.4, 0.5) is 0 Å². The topological polar surface area (TPSA) is 75.3 Å². The zero-order chi connectivity index (χ0) is 16.9. The molecule has 1 aliphatic heterocycles. The Morgan fingerprint density at radius 2 is 1.88 bits per heavy atom. The van der Waals surface area contributed by atoms with Crippen LogP contribution in [0, 0.1) is 5.41 Å². The monoisotopic (exact) mass is 374 g/mol. The molecule has 2 rings (SSSR count). The van der Waals surface area contributed by atoms with Crippen LogP contribution in [-0.4, -0.2) is 39.7 Å². The van der Waals surface area contributed by atoms with Gasteiger partial charge in [0, 0.05) is 6.54 Å². The zero-order valence-corrected chi connectivity index (χ0v) is 15.9. The minimum atomic E-state index is -3.42. The molecule has 136 valence electrons. The third kappa shape index (κ3) is 5.19. The SMILES string of the molecule is CCCS(=O)(=O)c1ccccc1C(=O)NCC1(C)CCNCC1.Cl. The predicted octanol–water partition coefficient (Wildman–Crippen LogP) is 2.41. The Hall–Kier alpha value is -1.11. The summed E-state index contributed by atoms with van der Waals surface area (Å²) in [5.41, 5.74) is 0.316. The van der Waals surface area contributed by atoms with Crippen molar-refractivity contribution in [2.45, 2.75) is 38.0 Å². The Bertz CT molecular complexity index is 656. The quantitative estimate of drug-likeness (QED) is 0.801. The van der Waals surface area contributed by atoms with Gasteiger partial charge in [-0.2, -0.15) is 0 Å². The van der Waals surface area contributed by atoms with Gasteiger partial charge in [-0.05, 0) is 49.9 Å². The van der Waals surface area contributed by atoms with Crippen molar-refractivity contribution in [2.24, 2.45) is 5.41 Å². The molecule has 1 aromatic carbocycles. The summed E-state index contributed by atoms with van der Waals surface area (Å²) >= 11 is 0. The third-order valence-electron chi connectivity index (χ3n) is 4.43. The highest BCUT2D eigenvalue weighted by Crippen LogP contribution is 2.27. The normalized spacial score (nSPS) is 16.9. The third-order valence-corrected chi connectivity index (χ3v) is 6.40. The highest BCUT2D eigenvalue weighted by Gasteiger charge is 2.28. The fourth-order valence-corrected chi connectivity index (χ4v) is 4.44. The summed E-state index contributed by atoms with van der Waals surface area (Å²) in [7, 11) is -3.42. The van der Waals surface area contributed by atoms with Gasteiger partial charge in [0.25, 0.3) is 5.91 Å². The summed E-state index contributed by atoms with van der Waals surface area (Å²) in [6.45, 7) is 6.45. The highest BCUT2D eigenvalue weighted by atomic mass is 35.5. The summed E-state index contributed by atoms with van der Waals surface area (Å²) in [4.78, 5) is 12.6. The number of halogens is 1. The first-order chi connectivity index (χ1) is 10.9. The van der Waals surface area contributed by atoms with E-state index in [0.29, 0.717) is 13.0 Å². The van der Waals surface area contributed by atoms with Crippen LogP contribution in [0.5, 0.6) is 0 Å². The Labute approximate surface area is 150 Å². The van der Waals surface area contributed by atoms with Crippen molar-refractivity contribution in [3.05, 3.63) is 29.8 Å². The van der Waals surface area contributed by atoms with E-state index >= 15 is 0 Å². The van der Waals surface area contributed by atoms with Crippen molar-refractivity contribution >= 4 is 28.2 Å². The smallest absolute Gasteiger partial charge is 0.252 e. The van der Waals surface area contributed by atoms with E-state index in [2.05, 4.69) is 17.6 Å². The molecule has 1 aliphatic rings. The molecule has 0 saturated carbocycles. The largest absolute Gasteiger partial charge is 0.351 e. The summed E-state index contributed by atoms with van der Waals surface area (Å²) in [6, 6.07) is 6.47. The van der Waals surface area contributed by atoms with E-state index in [0.717, 1.165) is 25.9 Å². The number of hydrogen-bond donors (Lipinski definition) is 2.